The first-order chi connectivity index (χ1) is 8.12. The molecule has 1 saturated carbocycles. The van der Waals surface area contributed by atoms with E-state index in [4.69, 9.17) is 0 Å². The summed E-state index contributed by atoms with van der Waals surface area (Å²) in [7, 11) is 4.23. The highest BCUT2D eigenvalue weighted by molar-refractivity contribution is 5.34. The molecule has 0 unspecified atom stereocenters. The van der Waals surface area contributed by atoms with Crippen LogP contribution >= 0.6 is 0 Å². The first-order valence-corrected chi connectivity index (χ1v) is 6.16. The SMILES string of the molecule is CN(C)C1(CNc2cccc(F)n2)CCCC1. The molecule has 94 valence electrons. The molecule has 2 rings (SSSR count). The van der Waals surface area contributed by atoms with Crippen LogP contribution in [-0.2, 0) is 0 Å². The van der Waals surface area contributed by atoms with Gasteiger partial charge in [0.15, 0.2) is 0 Å². The Kier molecular flexibility index (Phi) is 3.62. The van der Waals surface area contributed by atoms with Crippen molar-refractivity contribution in [1.82, 2.24) is 9.88 Å². The Morgan fingerprint density at radius 3 is 2.65 bits per heavy atom. The zero-order valence-electron chi connectivity index (χ0n) is 10.5. The molecule has 0 radical (unpaired) electrons. The predicted octanol–water partition coefficient (Wildman–Crippen LogP) is 2.51. The molecule has 1 aromatic heterocycles. The third-order valence-electron chi connectivity index (χ3n) is 3.80. The molecule has 1 aromatic rings. The lowest BCUT2D eigenvalue weighted by molar-refractivity contribution is 0.172. The molecular weight excluding hydrogens is 217 g/mol. The molecule has 1 fully saturated rings. The van der Waals surface area contributed by atoms with Crippen LogP contribution in [0.5, 0.6) is 0 Å². The average molecular weight is 237 g/mol. The highest BCUT2D eigenvalue weighted by atomic mass is 19.1. The summed E-state index contributed by atoms with van der Waals surface area (Å²) in [6.07, 6.45) is 4.94. The van der Waals surface area contributed by atoms with E-state index in [1.54, 1.807) is 12.1 Å². The largest absolute Gasteiger partial charge is 0.368 e. The van der Waals surface area contributed by atoms with E-state index in [1.807, 2.05) is 0 Å². The van der Waals surface area contributed by atoms with Gasteiger partial charge in [-0.15, -0.1) is 0 Å². The zero-order chi connectivity index (χ0) is 12.3. The van der Waals surface area contributed by atoms with E-state index in [9.17, 15) is 4.39 Å². The van der Waals surface area contributed by atoms with Crippen LogP contribution in [0.4, 0.5) is 10.2 Å². The standard InChI is InChI=1S/C13H20FN3/c1-17(2)13(8-3-4-9-13)10-15-12-7-5-6-11(14)16-12/h5-7H,3-4,8-10H2,1-2H3,(H,15,16). The maximum atomic E-state index is 13.0. The van der Waals surface area contributed by atoms with E-state index in [0.717, 1.165) is 6.54 Å². The summed E-state index contributed by atoms with van der Waals surface area (Å²) in [5.41, 5.74) is 0.202. The van der Waals surface area contributed by atoms with Crippen LogP contribution in [0.25, 0.3) is 0 Å². The molecule has 3 nitrogen and oxygen atoms in total. The Labute approximate surface area is 102 Å². The molecule has 0 spiro atoms. The first kappa shape index (κ1) is 12.3. The fourth-order valence-electron chi connectivity index (χ4n) is 2.58. The van der Waals surface area contributed by atoms with Crippen LogP contribution in [-0.4, -0.2) is 36.1 Å². The van der Waals surface area contributed by atoms with E-state index < -0.39 is 5.95 Å². The minimum atomic E-state index is -0.430. The Bertz CT molecular complexity index is 373. The fourth-order valence-corrected chi connectivity index (χ4v) is 2.58. The van der Waals surface area contributed by atoms with Gasteiger partial charge < -0.3 is 10.2 Å². The lowest BCUT2D eigenvalue weighted by Crippen LogP contribution is -2.47. The number of aromatic nitrogens is 1. The summed E-state index contributed by atoms with van der Waals surface area (Å²) in [6, 6.07) is 4.85. The minimum absolute atomic E-state index is 0.202. The summed E-state index contributed by atoms with van der Waals surface area (Å²) in [5.74, 6) is 0.193. The van der Waals surface area contributed by atoms with Gasteiger partial charge in [0.25, 0.3) is 0 Å². The molecule has 0 saturated heterocycles. The molecule has 0 aliphatic heterocycles. The van der Waals surface area contributed by atoms with Gasteiger partial charge in [0.1, 0.15) is 5.82 Å². The van der Waals surface area contributed by atoms with Gasteiger partial charge in [0, 0.05) is 12.1 Å². The molecule has 1 aliphatic rings. The minimum Gasteiger partial charge on any atom is -0.368 e. The normalized spacial score (nSPS) is 18.6. The number of hydrogen-bond donors (Lipinski definition) is 1. The van der Waals surface area contributed by atoms with Crippen LogP contribution in [0, 0.1) is 5.95 Å². The van der Waals surface area contributed by atoms with E-state index in [-0.39, 0.29) is 5.54 Å². The Morgan fingerprint density at radius 2 is 2.06 bits per heavy atom. The van der Waals surface area contributed by atoms with E-state index in [1.165, 1.54) is 31.7 Å². The van der Waals surface area contributed by atoms with Crippen LogP contribution < -0.4 is 5.32 Å². The molecule has 1 aliphatic carbocycles. The summed E-state index contributed by atoms with van der Waals surface area (Å²) in [5, 5.41) is 3.26. The van der Waals surface area contributed by atoms with Gasteiger partial charge in [-0.3, -0.25) is 0 Å². The van der Waals surface area contributed by atoms with Crippen molar-refractivity contribution in [3.63, 3.8) is 0 Å². The molecule has 0 bridgehead atoms. The van der Waals surface area contributed by atoms with Crippen molar-refractivity contribution >= 4 is 5.82 Å². The Morgan fingerprint density at radius 1 is 1.35 bits per heavy atom. The highest BCUT2D eigenvalue weighted by Crippen LogP contribution is 2.33. The molecule has 0 amide bonds. The zero-order valence-corrected chi connectivity index (χ0v) is 10.5. The lowest BCUT2D eigenvalue weighted by Gasteiger charge is -2.36. The number of nitrogens with zero attached hydrogens (tertiary/aromatic N) is 2. The van der Waals surface area contributed by atoms with Crippen molar-refractivity contribution < 1.29 is 4.39 Å². The van der Waals surface area contributed by atoms with Gasteiger partial charge in [-0.2, -0.15) is 4.39 Å². The Balaban J connectivity index is 2.01. The van der Waals surface area contributed by atoms with Crippen LogP contribution in [0.1, 0.15) is 25.7 Å². The maximum absolute atomic E-state index is 13.0. The Hall–Kier alpha value is -1.16. The monoisotopic (exact) mass is 237 g/mol. The molecular formula is C13H20FN3. The van der Waals surface area contributed by atoms with Gasteiger partial charge in [-0.25, -0.2) is 4.98 Å². The van der Waals surface area contributed by atoms with E-state index in [2.05, 4.69) is 29.3 Å². The number of anilines is 1. The molecule has 4 heteroatoms. The van der Waals surface area contributed by atoms with Crippen molar-refractivity contribution in [3.05, 3.63) is 24.1 Å². The van der Waals surface area contributed by atoms with Crippen molar-refractivity contribution in [2.45, 2.75) is 31.2 Å². The van der Waals surface area contributed by atoms with Crippen molar-refractivity contribution in [1.29, 1.82) is 0 Å². The van der Waals surface area contributed by atoms with Gasteiger partial charge in [0.05, 0.1) is 0 Å². The smallest absolute Gasteiger partial charge is 0.214 e. The number of rotatable bonds is 4. The number of hydrogen-bond acceptors (Lipinski definition) is 3. The van der Waals surface area contributed by atoms with Crippen molar-refractivity contribution in [3.8, 4) is 0 Å². The second-order valence-electron chi connectivity index (χ2n) is 5.02. The highest BCUT2D eigenvalue weighted by Gasteiger charge is 2.35. The van der Waals surface area contributed by atoms with E-state index in [0.29, 0.717) is 5.82 Å². The van der Waals surface area contributed by atoms with Crippen LogP contribution in [0.3, 0.4) is 0 Å². The quantitative estimate of drug-likeness (QED) is 0.816. The predicted molar refractivity (Wildman–Crippen MR) is 67.6 cm³/mol. The summed E-state index contributed by atoms with van der Waals surface area (Å²) in [4.78, 5) is 6.11. The number of halogens is 1. The topological polar surface area (TPSA) is 28.2 Å². The fraction of sp³-hybridized carbons (Fsp3) is 0.615. The van der Waals surface area contributed by atoms with Crippen molar-refractivity contribution in [2.24, 2.45) is 0 Å². The molecule has 0 aromatic carbocycles. The van der Waals surface area contributed by atoms with Gasteiger partial charge in [0.2, 0.25) is 5.95 Å². The third kappa shape index (κ3) is 2.75. The molecule has 0 atom stereocenters. The summed E-state index contributed by atoms with van der Waals surface area (Å²) < 4.78 is 13.0. The summed E-state index contributed by atoms with van der Waals surface area (Å²) >= 11 is 0. The maximum Gasteiger partial charge on any atom is 0.214 e. The van der Waals surface area contributed by atoms with Gasteiger partial charge in [-0.05, 0) is 39.1 Å². The summed E-state index contributed by atoms with van der Waals surface area (Å²) in [6.45, 7) is 0.830. The number of nitrogens with one attached hydrogen (secondary N) is 1. The second kappa shape index (κ2) is 5.00. The van der Waals surface area contributed by atoms with Crippen LogP contribution in [0.15, 0.2) is 18.2 Å². The van der Waals surface area contributed by atoms with Gasteiger partial charge in [-0.1, -0.05) is 18.9 Å². The first-order valence-electron chi connectivity index (χ1n) is 6.16. The van der Waals surface area contributed by atoms with Crippen LogP contribution in [0.2, 0.25) is 0 Å². The van der Waals surface area contributed by atoms with Crippen molar-refractivity contribution in [2.75, 3.05) is 26.0 Å². The second-order valence-corrected chi connectivity index (χ2v) is 5.02. The molecule has 1 N–H and O–H groups in total. The molecule has 1 heterocycles. The van der Waals surface area contributed by atoms with Gasteiger partial charge >= 0.3 is 0 Å². The number of likely N-dealkylation sites (N-methyl/N-ethyl adjacent to an activating group) is 1. The lowest BCUT2D eigenvalue weighted by atomic mass is 9.96. The number of pyridine rings is 1. The molecule has 17 heavy (non-hydrogen) atoms. The third-order valence-corrected chi connectivity index (χ3v) is 3.80. The van der Waals surface area contributed by atoms with E-state index >= 15 is 0 Å². The average Bonchev–Trinajstić information content (AvgIpc) is 2.76.